The zero-order chi connectivity index (χ0) is 11.6. The minimum absolute atomic E-state index is 0.0184. The van der Waals surface area contributed by atoms with Crippen molar-refractivity contribution in [2.75, 3.05) is 5.32 Å². The lowest BCUT2D eigenvalue weighted by atomic mass is 10.1. The molecule has 0 aliphatic carbocycles. The normalized spacial score (nSPS) is 11.2. The number of aryl methyl sites for hydroxylation is 1. The van der Waals surface area contributed by atoms with Crippen molar-refractivity contribution < 1.29 is 4.92 Å². The largest absolute Gasteiger partial charge is 0.360 e. The summed E-state index contributed by atoms with van der Waals surface area (Å²) in [5, 5.41) is 13.8. The highest BCUT2D eigenvalue weighted by molar-refractivity contribution is 5.57. The van der Waals surface area contributed by atoms with E-state index < -0.39 is 4.92 Å². The Labute approximate surface area is 88.7 Å². The summed E-state index contributed by atoms with van der Waals surface area (Å²) in [6.07, 6.45) is 1.61. The van der Waals surface area contributed by atoms with E-state index in [9.17, 15) is 10.1 Å². The molecule has 1 aromatic rings. The van der Waals surface area contributed by atoms with Crippen LogP contribution in [-0.4, -0.2) is 15.4 Å². The van der Waals surface area contributed by atoms with Crippen molar-refractivity contribution in [3.05, 3.63) is 27.9 Å². The second kappa shape index (κ2) is 3.84. The molecule has 15 heavy (non-hydrogen) atoms. The van der Waals surface area contributed by atoms with Crippen molar-refractivity contribution in [2.24, 2.45) is 0 Å². The number of nitrogens with zero attached hydrogens (tertiary/aromatic N) is 2. The maximum atomic E-state index is 10.8. The van der Waals surface area contributed by atoms with Gasteiger partial charge in [0.05, 0.1) is 4.92 Å². The van der Waals surface area contributed by atoms with Crippen molar-refractivity contribution >= 4 is 11.5 Å². The number of anilines is 1. The molecule has 0 unspecified atom stereocenters. The molecular formula is C10H15N3O2. The molecule has 0 bridgehead atoms. The Bertz CT molecular complexity index is 383. The first-order valence-electron chi connectivity index (χ1n) is 4.69. The average molecular weight is 209 g/mol. The topological polar surface area (TPSA) is 68.1 Å². The number of pyridine rings is 1. The van der Waals surface area contributed by atoms with Gasteiger partial charge in [-0.1, -0.05) is 0 Å². The molecule has 82 valence electrons. The molecule has 0 aliphatic heterocycles. The number of aromatic nitrogens is 1. The van der Waals surface area contributed by atoms with Crippen LogP contribution in [0.15, 0.2) is 12.3 Å². The molecule has 1 aromatic heterocycles. The van der Waals surface area contributed by atoms with Gasteiger partial charge in [-0.05, 0) is 33.3 Å². The molecule has 5 heteroatoms. The molecule has 0 saturated carbocycles. The van der Waals surface area contributed by atoms with Gasteiger partial charge < -0.3 is 5.32 Å². The van der Waals surface area contributed by atoms with Crippen molar-refractivity contribution in [3.8, 4) is 0 Å². The van der Waals surface area contributed by atoms with E-state index in [0.29, 0.717) is 5.82 Å². The van der Waals surface area contributed by atoms with Crippen LogP contribution in [0.5, 0.6) is 0 Å². The van der Waals surface area contributed by atoms with Gasteiger partial charge in [0.2, 0.25) is 5.82 Å². The maximum Gasteiger partial charge on any atom is 0.311 e. The second-order valence-corrected chi connectivity index (χ2v) is 4.51. The lowest BCUT2D eigenvalue weighted by molar-refractivity contribution is -0.384. The Hall–Kier alpha value is -1.65. The quantitative estimate of drug-likeness (QED) is 0.600. The maximum absolute atomic E-state index is 10.8. The summed E-state index contributed by atoms with van der Waals surface area (Å²) in [6.45, 7) is 7.57. The summed E-state index contributed by atoms with van der Waals surface area (Å²) in [6, 6.07) is 1.51. The van der Waals surface area contributed by atoms with E-state index in [1.165, 1.54) is 6.07 Å². The highest BCUT2D eigenvalue weighted by Gasteiger charge is 2.19. The fraction of sp³-hybridized carbons (Fsp3) is 0.500. The fourth-order valence-corrected chi connectivity index (χ4v) is 1.14. The number of rotatable bonds is 2. The molecule has 0 amide bonds. The Morgan fingerprint density at radius 1 is 1.47 bits per heavy atom. The van der Waals surface area contributed by atoms with Crippen LogP contribution < -0.4 is 5.32 Å². The highest BCUT2D eigenvalue weighted by atomic mass is 16.6. The molecular weight excluding hydrogens is 194 g/mol. The summed E-state index contributed by atoms with van der Waals surface area (Å²) in [7, 11) is 0. The van der Waals surface area contributed by atoms with E-state index in [0.717, 1.165) is 5.56 Å². The number of nitro groups is 1. The number of hydrogen-bond donors (Lipinski definition) is 1. The van der Waals surface area contributed by atoms with E-state index in [2.05, 4.69) is 10.3 Å². The van der Waals surface area contributed by atoms with Crippen LogP contribution in [0.3, 0.4) is 0 Å². The van der Waals surface area contributed by atoms with Crippen molar-refractivity contribution in [1.29, 1.82) is 0 Å². The van der Waals surface area contributed by atoms with Gasteiger partial charge in [0, 0.05) is 17.8 Å². The summed E-state index contributed by atoms with van der Waals surface area (Å²) in [4.78, 5) is 14.4. The summed E-state index contributed by atoms with van der Waals surface area (Å²) >= 11 is 0. The molecule has 5 nitrogen and oxygen atoms in total. The lowest BCUT2D eigenvalue weighted by Crippen LogP contribution is -2.27. The van der Waals surface area contributed by atoms with Crippen LogP contribution in [0.4, 0.5) is 11.5 Å². The van der Waals surface area contributed by atoms with Gasteiger partial charge in [-0.3, -0.25) is 10.1 Å². The number of nitrogens with one attached hydrogen (secondary N) is 1. The Balaban J connectivity index is 3.12. The molecule has 1 N–H and O–H groups in total. The molecule has 1 heterocycles. The highest BCUT2D eigenvalue weighted by Crippen LogP contribution is 2.24. The molecule has 0 fully saturated rings. The molecule has 0 aliphatic rings. The average Bonchev–Trinajstić information content (AvgIpc) is 2.05. The van der Waals surface area contributed by atoms with Crippen LogP contribution in [0.2, 0.25) is 0 Å². The Morgan fingerprint density at radius 2 is 2.07 bits per heavy atom. The van der Waals surface area contributed by atoms with E-state index >= 15 is 0 Å². The van der Waals surface area contributed by atoms with E-state index in [1.54, 1.807) is 13.1 Å². The molecule has 0 aromatic carbocycles. The SMILES string of the molecule is Cc1cnc(NC(C)(C)C)c([N+](=O)[O-])c1. The van der Waals surface area contributed by atoms with E-state index in [1.807, 2.05) is 20.8 Å². The third-order valence-electron chi connectivity index (χ3n) is 1.69. The minimum Gasteiger partial charge on any atom is -0.360 e. The van der Waals surface area contributed by atoms with Crippen LogP contribution in [-0.2, 0) is 0 Å². The smallest absolute Gasteiger partial charge is 0.311 e. The van der Waals surface area contributed by atoms with Crippen molar-refractivity contribution in [1.82, 2.24) is 4.98 Å². The van der Waals surface area contributed by atoms with Crippen LogP contribution in [0.25, 0.3) is 0 Å². The fourth-order valence-electron chi connectivity index (χ4n) is 1.14. The van der Waals surface area contributed by atoms with Crippen LogP contribution in [0, 0.1) is 17.0 Å². The zero-order valence-corrected chi connectivity index (χ0v) is 9.37. The third-order valence-corrected chi connectivity index (χ3v) is 1.69. The molecule has 0 radical (unpaired) electrons. The first-order valence-corrected chi connectivity index (χ1v) is 4.69. The Morgan fingerprint density at radius 3 is 2.53 bits per heavy atom. The van der Waals surface area contributed by atoms with Gasteiger partial charge >= 0.3 is 5.69 Å². The summed E-state index contributed by atoms with van der Waals surface area (Å²) in [5.41, 5.74) is 0.554. The van der Waals surface area contributed by atoms with Gasteiger partial charge in [-0.2, -0.15) is 0 Å². The summed E-state index contributed by atoms with van der Waals surface area (Å²) < 4.78 is 0. The van der Waals surface area contributed by atoms with E-state index in [-0.39, 0.29) is 11.2 Å². The monoisotopic (exact) mass is 209 g/mol. The first-order chi connectivity index (χ1) is 6.79. The predicted octanol–water partition coefficient (Wildman–Crippen LogP) is 2.51. The molecule has 1 rings (SSSR count). The van der Waals surface area contributed by atoms with Crippen molar-refractivity contribution in [2.45, 2.75) is 33.2 Å². The van der Waals surface area contributed by atoms with Crippen molar-refractivity contribution in [3.63, 3.8) is 0 Å². The summed E-state index contributed by atoms with van der Waals surface area (Å²) in [5.74, 6) is 0.318. The third kappa shape index (κ3) is 3.19. The Kier molecular flexibility index (Phi) is 2.93. The van der Waals surface area contributed by atoms with Gasteiger partial charge in [-0.25, -0.2) is 4.98 Å². The predicted molar refractivity (Wildman–Crippen MR) is 59.0 cm³/mol. The minimum atomic E-state index is -0.423. The lowest BCUT2D eigenvalue weighted by Gasteiger charge is -2.20. The van der Waals surface area contributed by atoms with Gasteiger partial charge in [0.15, 0.2) is 0 Å². The van der Waals surface area contributed by atoms with E-state index in [4.69, 9.17) is 0 Å². The standard InChI is InChI=1S/C10H15N3O2/c1-7-5-8(13(14)15)9(11-6-7)12-10(2,3)4/h5-6H,1-4H3,(H,11,12). The zero-order valence-electron chi connectivity index (χ0n) is 9.37. The number of hydrogen-bond acceptors (Lipinski definition) is 4. The van der Waals surface area contributed by atoms with Crippen LogP contribution in [0.1, 0.15) is 26.3 Å². The van der Waals surface area contributed by atoms with Gasteiger partial charge in [0.25, 0.3) is 0 Å². The van der Waals surface area contributed by atoms with Gasteiger partial charge in [0.1, 0.15) is 0 Å². The second-order valence-electron chi connectivity index (χ2n) is 4.51. The molecule has 0 saturated heterocycles. The molecule has 0 spiro atoms. The van der Waals surface area contributed by atoms with Gasteiger partial charge in [-0.15, -0.1) is 0 Å². The first kappa shape index (κ1) is 11.4. The molecule has 0 atom stereocenters. The van der Waals surface area contributed by atoms with Crippen LogP contribution >= 0.6 is 0 Å².